The van der Waals surface area contributed by atoms with Crippen LogP contribution in [0.3, 0.4) is 0 Å². The summed E-state index contributed by atoms with van der Waals surface area (Å²) >= 11 is 0. The van der Waals surface area contributed by atoms with Gasteiger partial charge in [-0.2, -0.15) is 0 Å². The van der Waals surface area contributed by atoms with E-state index >= 15 is 0 Å². The Balaban J connectivity index is 1.47. The summed E-state index contributed by atoms with van der Waals surface area (Å²) in [6.45, 7) is 4.58. The number of hydrogen-bond acceptors (Lipinski definition) is 3. The van der Waals surface area contributed by atoms with Gasteiger partial charge in [-0.05, 0) is 43.6 Å². The van der Waals surface area contributed by atoms with E-state index in [2.05, 4.69) is 40.1 Å². The Hall–Kier alpha value is -1.61. The molecule has 1 aromatic carbocycles. The first kappa shape index (κ1) is 13.8. The molecule has 3 fully saturated rings. The second-order valence-electron chi connectivity index (χ2n) is 7.22. The highest BCUT2D eigenvalue weighted by molar-refractivity contribution is 6.14. The van der Waals surface area contributed by atoms with E-state index in [1.165, 1.54) is 54.9 Å². The number of aliphatic imine (C=N–C) groups is 1. The number of nitrogens with zero attached hydrogens (tertiary/aromatic N) is 3. The molecule has 5 aliphatic rings. The van der Waals surface area contributed by atoms with Crippen LogP contribution in [-0.4, -0.2) is 41.7 Å². The van der Waals surface area contributed by atoms with Crippen LogP contribution in [0, 0.1) is 12.1 Å². The van der Waals surface area contributed by atoms with Crippen LogP contribution in [0.5, 0.6) is 0 Å². The van der Waals surface area contributed by atoms with Crippen molar-refractivity contribution in [2.45, 2.75) is 32.1 Å². The third kappa shape index (κ3) is 2.25. The summed E-state index contributed by atoms with van der Waals surface area (Å²) in [5.41, 5.74) is 5.42. The molecule has 0 aliphatic carbocycles. The number of rotatable bonds is 2. The smallest absolute Gasteiger partial charge is 0.131 e. The predicted octanol–water partition coefficient (Wildman–Crippen LogP) is 3.23. The minimum Gasteiger partial charge on any atom is -0.348 e. The lowest BCUT2D eigenvalue weighted by Gasteiger charge is -2.49. The van der Waals surface area contributed by atoms with Crippen LogP contribution in [0.1, 0.15) is 36.8 Å². The molecule has 0 amide bonds. The van der Waals surface area contributed by atoms with Crippen molar-refractivity contribution in [3.8, 4) is 0 Å². The number of fused-ring (bicyclic) bond motifs is 4. The quantitative estimate of drug-likeness (QED) is 0.835. The van der Waals surface area contributed by atoms with E-state index in [9.17, 15) is 0 Å². The van der Waals surface area contributed by atoms with Gasteiger partial charge in [0, 0.05) is 31.7 Å². The maximum atomic E-state index is 4.93. The molecular formula is C20H24N3. The van der Waals surface area contributed by atoms with E-state index in [1.807, 2.05) is 0 Å². The maximum Gasteiger partial charge on any atom is 0.131 e. The standard InChI is InChI=1S/C20H24N3/c1-2-5-17-16(4-1)7-10-21-20(17)18-6-3-11-23(18)19-14-15-8-12-22(19)13-9-15/h1-2,4-6,15H,3,7-14H2. The van der Waals surface area contributed by atoms with Gasteiger partial charge in [0.25, 0.3) is 0 Å². The second-order valence-corrected chi connectivity index (χ2v) is 7.22. The highest BCUT2D eigenvalue weighted by atomic mass is 15.4. The van der Waals surface area contributed by atoms with Crippen LogP contribution >= 0.6 is 0 Å². The molecule has 2 bridgehead atoms. The summed E-state index contributed by atoms with van der Waals surface area (Å²) in [7, 11) is 0. The third-order valence-electron chi connectivity index (χ3n) is 5.91. The Kier molecular flexibility index (Phi) is 3.29. The van der Waals surface area contributed by atoms with E-state index < -0.39 is 0 Å². The second kappa shape index (κ2) is 5.48. The van der Waals surface area contributed by atoms with Crippen LogP contribution in [-0.2, 0) is 6.42 Å². The molecule has 1 aromatic rings. The van der Waals surface area contributed by atoms with Crippen molar-refractivity contribution in [2.75, 3.05) is 26.2 Å². The van der Waals surface area contributed by atoms with Crippen LogP contribution in [0.15, 0.2) is 41.0 Å². The van der Waals surface area contributed by atoms with E-state index in [0.29, 0.717) is 0 Å². The fourth-order valence-corrected chi connectivity index (χ4v) is 4.68. The minimum atomic E-state index is 0.914. The van der Waals surface area contributed by atoms with Gasteiger partial charge >= 0.3 is 0 Å². The minimum absolute atomic E-state index is 0.914. The molecule has 6 rings (SSSR count). The van der Waals surface area contributed by atoms with Crippen LogP contribution in [0.4, 0.5) is 0 Å². The van der Waals surface area contributed by atoms with Gasteiger partial charge in [0.05, 0.1) is 11.4 Å². The topological polar surface area (TPSA) is 18.8 Å². The van der Waals surface area contributed by atoms with Crippen molar-refractivity contribution in [3.05, 3.63) is 53.3 Å². The predicted molar refractivity (Wildman–Crippen MR) is 93.1 cm³/mol. The maximum absolute atomic E-state index is 4.93. The third-order valence-corrected chi connectivity index (χ3v) is 5.91. The molecule has 5 aliphatic heterocycles. The molecule has 1 radical (unpaired) electrons. The summed E-state index contributed by atoms with van der Waals surface area (Å²) in [5.74, 6) is 0.914. The number of benzene rings is 1. The average Bonchev–Trinajstić information content (AvgIpc) is 3.11. The van der Waals surface area contributed by atoms with Crippen molar-refractivity contribution in [3.63, 3.8) is 0 Å². The molecule has 0 spiro atoms. The summed E-state index contributed by atoms with van der Waals surface area (Å²) < 4.78 is 0. The lowest BCUT2D eigenvalue weighted by Crippen LogP contribution is -2.51. The van der Waals surface area contributed by atoms with Crippen LogP contribution in [0.25, 0.3) is 0 Å². The lowest BCUT2D eigenvalue weighted by atomic mass is 9.85. The lowest BCUT2D eigenvalue weighted by molar-refractivity contribution is 0.0536. The van der Waals surface area contributed by atoms with E-state index in [0.717, 1.165) is 31.8 Å². The average molecular weight is 306 g/mol. The fourth-order valence-electron chi connectivity index (χ4n) is 4.68. The van der Waals surface area contributed by atoms with Crippen molar-refractivity contribution in [1.29, 1.82) is 0 Å². The zero-order chi connectivity index (χ0) is 15.2. The largest absolute Gasteiger partial charge is 0.348 e. The Labute approximate surface area is 138 Å². The molecular weight excluding hydrogens is 282 g/mol. The zero-order valence-electron chi connectivity index (χ0n) is 13.7. The van der Waals surface area contributed by atoms with E-state index in [4.69, 9.17) is 4.99 Å². The molecule has 0 aromatic heterocycles. The Bertz CT molecular complexity index is 667. The first-order valence-corrected chi connectivity index (χ1v) is 9.12. The fraction of sp³-hybridized carbons (Fsp3) is 0.500. The van der Waals surface area contributed by atoms with Crippen molar-refractivity contribution < 1.29 is 0 Å². The Morgan fingerprint density at radius 1 is 1.04 bits per heavy atom. The van der Waals surface area contributed by atoms with Crippen molar-refractivity contribution in [1.82, 2.24) is 9.80 Å². The molecule has 0 N–H and O–H groups in total. The van der Waals surface area contributed by atoms with Gasteiger partial charge in [-0.25, -0.2) is 0 Å². The Morgan fingerprint density at radius 2 is 1.91 bits per heavy atom. The van der Waals surface area contributed by atoms with Crippen molar-refractivity contribution in [2.24, 2.45) is 10.9 Å². The summed E-state index contributed by atoms with van der Waals surface area (Å²) in [4.78, 5) is 10.2. The number of allylic oxidation sites excluding steroid dienone is 1. The molecule has 0 saturated carbocycles. The number of piperidine rings is 3. The van der Waals surface area contributed by atoms with Gasteiger partial charge in [-0.15, -0.1) is 0 Å². The summed E-state index contributed by atoms with van der Waals surface area (Å²) in [6, 6.07) is 8.83. The van der Waals surface area contributed by atoms with E-state index in [-0.39, 0.29) is 0 Å². The van der Waals surface area contributed by atoms with Gasteiger partial charge < -0.3 is 4.90 Å². The van der Waals surface area contributed by atoms with Gasteiger partial charge in [0.15, 0.2) is 0 Å². The molecule has 3 nitrogen and oxygen atoms in total. The molecule has 5 heterocycles. The highest BCUT2D eigenvalue weighted by Crippen LogP contribution is 2.41. The van der Waals surface area contributed by atoms with Gasteiger partial charge in [-0.3, -0.25) is 9.89 Å². The summed E-state index contributed by atoms with van der Waals surface area (Å²) in [6.07, 6.45) is 10.3. The molecule has 0 unspecified atom stereocenters. The Morgan fingerprint density at radius 3 is 2.74 bits per heavy atom. The van der Waals surface area contributed by atoms with Crippen LogP contribution < -0.4 is 0 Å². The SMILES string of the molecule is C1=C(C2=NCCc3ccccc32)N([C]2CC3CCN2CC3)CC1. The molecule has 3 heteroatoms. The van der Waals surface area contributed by atoms with Gasteiger partial charge in [-0.1, -0.05) is 30.3 Å². The first-order valence-electron chi connectivity index (χ1n) is 9.12. The monoisotopic (exact) mass is 306 g/mol. The molecule has 3 saturated heterocycles. The zero-order valence-corrected chi connectivity index (χ0v) is 13.7. The van der Waals surface area contributed by atoms with Crippen molar-refractivity contribution >= 4 is 5.71 Å². The van der Waals surface area contributed by atoms with Crippen LogP contribution in [0.2, 0.25) is 0 Å². The number of hydrogen-bond donors (Lipinski definition) is 0. The molecule has 0 atom stereocenters. The van der Waals surface area contributed by atoms with Gasteiger partial charge in [0.1, 0.15) is 6.17 Å². The van der Waals surface area contributed by atoms with E-state index in [1.54, 1.807) is 6.17 Å². The molecule has 23 heavy (non-hydrogen) atoms. The first-order chi connectivity index (χ1) is 11.4. The highest BCUT2D eigenvalue weighted by Gasteiger charge is 2.40. The molecule has 119 valence electrons. The van der Waals surface area contributed by atoms with Gasteiger partial charge in [0.2, 0.25) is 0 Å². The normalized spacial score (nSPS) is 30.2. The summed E-state index contributed by atoms with van der Waals surface area (Å²) in [5, 5.41) is 0.